The Bertz CT molecular complexity index is 534. The fraction of sp³-hybridized carbons (Fsp3) is 0.842. The molecule has 1 saturated heterocycles. The summed E-state index contributed by atoms with van der Waals surface area (Å²) in [5.74, 6) is -0.494. The average molecular weight is 383 g/mol. The van der Waals surface area contributed by atoms with Gasteiger partial charge in [0.05, 0.1) is 18.1 Å². The van der Waals surface area contributed by atoms with Crippen molar-refractivity contribution in [2.45, 2.75) is 64.1 Å². The van der Waals surface area contributed by atoms with Gasteiger partial charge in [-0.25, -0.2) is 0 Å². The quantitative estimate of drug-likeness (QED) is 0.377. The van der Waals surface area contributed by atoms with Crippen LogP contribution in [0.5, 0.6) is 0 Å². The fourth-order valence-corrected chi connectivity index (χ4v) is 4.30. The predicted octanol–water partition coefficient (Wildman–Crippen LogP) is -0.700. The molecule has 2 rings (SSSR count). The number of aliphatic hydroxyl groups is 1. The summed E-state index contributed by atoms with van der Waals surface area (Å²) >= 11 is 0. The summed E-state index contributed by atoms with van der Waals surface area (Å²) in [5.41, 5.74) is 5.51. The van der Waals surface area contributed by atoms with Gasteiger partial charge in [-0.15, -0.1) is 0 Å². The van der Waals surface area contributed by atoms with Gasteiger partial charge in [-0.1, -0.05) is 32.1 Å². The van der Waals surface area contributed by atoms with Gasteiger partial charge in [0.15, 0.2) is 5.78 Å². The van der Waals surface area contributed by atoms with E-state index in [9.17, 15) is 19.5 Å². The van der Waals surface area contributed by atoms with Crippen LogP contribution in [0.25, 0.3) is 0 Å². The zero-order valence-electron chi connectivity index (χ0n) is 16.4. The van der Waals surface area contributed by atoms with E-state index in [1.165, 1.54) is 33.1 Å². The minimum Gasteiger partial charge on any atom is -0.391 e. The van der Waals surface area contributed by atoms with E-state index in [0.717, 1.165) is 19.4 Å². The molecule has 1 aliphatic carbocycles. The molecule has 1 heterocycles. The molecular formula is C19H34N4O4. The number of hydrogen-bond acceptors (Lipinski definition) is 6. The van der Waals surface area contributed by atoms with Gasteiger partial charge >= 0.3 is 0 Å². The van der Waals surface area contributed by atoms with Gasteiger partial charge in [0, 0.05) is 13.1 Å². The lowest BCUT2D eigenvalue weighted by molar-refractivity contribution is -0.135. The predicted molar refractivity (Wildman–Crippen MR) is 102 cm³/mol. The number of carbonyl (C=O) groups is 3. The topological polar surface area (TPSA) is 134 Å². The van der Waals surface area contributed by atoms with Gasteiger partial charge < -0.3 is 26.8 Å². The number of aliphatic hydroxyl groups excluding tert-OH is 1. The molecule has 1 aliphatic heterocycles. The number of ketones is 1. The van der Waals surface area contributed by atoms with E-state index in [2.05, 4.69) is 16.0 Å². The molecule has 0 radical (unpaired) electrons. The zero-order valence-corrected chi connectivity index (χ0v) is 16.4. The maximum Gasteiger partial charge on any atom is 0.245 e. The highest BCUT2D eigenvalue weighted by Gasteiger charge is 2.40. The van der Waals surface area contributed by atoms with Crippen molar-refractivity contribution in [1.82, 2.24) is 16.0 Å². The first-order valence-electron chi connectivity index (χ1n) is 10.0. The summed E-state index contributed by atoms with van der Waals surface area (Å²) in [5, 5.41) is 18.5. The Morgan fingerprint density at radius 2 is 1.81 bits per heavy atom. The second kappa shape index (κ2) is 10.1. The van der Waals surface area contributed by atoms with Gasteiger partial charge in [0.2, 0.25) is 11.8 Å². The van der Waals surface area contributed by atoms with E-state index in [1.54, 1.807) is 0 Å². The fourth-order valence-electron chi connectivity index (χ4n) is 4.30. The van der Waals surface area contributed by atoms with Crippen LogP contribution in [0.2, 0.25) is 0 Å². The number of Topliss-reactive ketones (excluding diaryl/α,β-unsaturated/α-hetero) is 1. The maximum atomic E-state index is 12.9. The summed E-state index contributed by atoms with van der Waals surface area (Å²) in [4.78, 5) is 36.9. The van der Waals surface area contributed by atoms with Crippen LogP contribution >= 0.6 is 0 Å². The minimum atomic E-state index is -1.11. The first-order valence-corrected chi connectivity index (χ1v) is 10.0. The van der Waals surface area contributed by atoms with Crippen LogP contribution in [-0.2, 0) is 14.4 Å². The van der Waals surface area contributed by atoms with Crippen molar-refractivity contribution in [1.29, 1.82) is 0 Å². The van der Waals surface area contributed by atoms with Crippen molar-refractivity contribution in [2.24, 2.45) is 23.5 Å². The minimum absolute atomic E-state index is 0.0299. The highest BCUT2D eigenvalue weighted by atomic mass is 16.3. The Labute approximate surface area is 161 Å². The first kappa shape index (κ1) is 21.8. The molecule has 5 atom stereocenters. The molecule has 6 N–H and O–H groups in total. The van der Waals surface area contributed by atoms with Crippen molar-refractivity contribution in [3.8, 4) is 0 Å². The summed E-state index contributed by atoms with van der Waals surface area (Å²) in [6.07, 6.45) is 4.89. The molecule has 2 amide bonds. The van der Waals surface area contributed by atoms with Crippen LogP contribution in [0.3, 0.4) is 0 Å². The lowest BCUT2D eigenvalue weighted by atomic mass is 9.75. The number of carbonyl (C=O) groups excluding carboxylic acids is 3. The molecule has 8 heteroatoms. The van der Waals surface area contributed by atoms with Crippen LogP contribution in [0.15, 0.2) is 0 Å². The smallest absolute Gasteiger partial charge is 0.245 e. The van der Waals surface area contributed by atoms with Crippen molar-refractivity contribution in [3.05, 3.63) is 0 Å². The van der Waals surface area contributed by atoms with E-state index in [-0.39, 0.29) is 30.1 Å². The number of nitrogens with two attached hydrogens (primary N) is 1. The van der Waals surface area contributed by atoms with Gasteiger partial charge in [0.1, 0.15) is 6.04 Å². The number of nitrogens with one attached hydrogen (secondary N) is 3. The van der Waals surface area contributed by atoms with E-state index < -0.39 is 24.1 Å². The van der Waals surface area contributed by atoms with Crippen LogP contribution in [0.1, 0.15) is 46.0 Å². The van der Waals surface area contributed by atoms with Crippen LogP contribution in [0.4, 0.5) is 0 Å². The molecule has 1 saturated carbocycles. The summed E-state index contributed by atoms with van der Waals surface area (Å²) in [7, 11) is 0. The molecule has 0 aromatic heterocycles. The van der Waals surface area contributed by atoms with Crippen molar-refractivity contribution < 1.29 is 19.5 Å². The van der Waals surface area contributed by atoms with E-state index in [4.69, 9.17) is 5.73 Å². The van der Waals surface area contributed by atoms with Crippen molar-refractivity contribution >= 4 is 17.6 Å². The van der Waals surface area contributed by atoms with E-state index >= 15 is 0 Å². The standard InChI is InChI=1S/C19H34N4O4/c1-11(24)16(8-20)22-19(27)17(12(2)25)23-18(26)15-10-21-9-14(15)13-6-4-3-5-7-13/h12-17,21,25H,3-10,20H2,1-2H3,(H,22,27)(H,23,26)/t12-,14-,15+,16-,17-/m0/s1. The molecule has 27 heavy (non-hydrogen) atoms. The lowest BCUT2D eigenvalue weighted by Crippen LogP contribution is -2.58. The molecule has 0 unspecified atom stereocenters. The molecule has 0 aromatic rings. The monoisotopic (exact) mass is 382 g/mol. The number of amides is 2. The lowest BCUT2D eigenvalue weighted by Gasteiger charge is -2.31. The zero-order chi connectivity index (χ0) is 20.0. The highest BCUT2D eigenvalue weighted by molar-refractivity contribution is 5.93. The average Bonchev–Trinajstić information content (AvgIpc) is 3.13. The molecule has 0 bridgehead atoms. The molecule has 2 aliphatic rings. The Morgan fingerprint density at radius 1 is 1.15 bits per heavy atom. The number of rotatable bonds is 8. The third-order valence-corrected chi connectivity index (χ3v) is 5.96. The van der Waals surface area contributed by atoms with Crippen LogP contribution < -0.4 is 21.7 Å². The summed E-state index contributed by atoms with van der Waals surface area (Å²) in [6, 6.07) is -1.93. The molecule has 8 nitrogen and oxygen atoms in total. The SMILES string of the molecule is CC(=O)[C@H](CN)NC(=O)[C@@H](NC(=O)[C@@H]1CNC[C@H]1C1CCCCC1)[C@H](C)O. The highest BCUT2D eigenvalue weighted by Crippen LogP contribution is 2.35. The Balaban J connectivity index is 2.00. The third-order valence-electron chi connectivity index (χ3n) is 5.96. The van der Waals surface area contributed by atoms with Crippen LogP contribution in [0, 0.1) is 17.8 Å². The van der Waals surface area contributed by atoms with Gasteiger partial charge in [-0.2, -0.15) is 0 Å². The molecule has 0 spiro atoms. The second-order valence-electron chi connectivity index (χ2n) is 7.96. The molecule has 0 aromatic carbocycles. The Hall–Kier alpha value is -1.51. The Morgan fingerprint density at radius 3 is 2.37 bits per heavy atom. The van der Waals surface area contributed by atoms with Gasteiger partial charge in [-0.05, 0) is 32.2 Å². The molecular weight excluding hydrogens is 348 g/mol. The Kier molecular flexibility index (Phi) is 8.19. The van der Waals surface area contributed by atoms with E-state index in [1.807, 2.05) is 0 Å². The largest absolute Gasteiger partial charge is 0.391 e. The summed E-state index contributed by atoms with van der Waals surface area (Å²) in [6.45, 7) is 4.15. The molecule has 2 fully saturated rings. The maximum absolute atomic E-state index is 12.9. The molecule has 154 valence electrons. The number of hydrogen-bond donors (Lipinski definition) is 5. The van der Waals surface area contributed by atoms with E-state index in [0.29, 0.717) is 12.5 Å². The van der Waals surface area contributed by atoms with Gasteiger partial charge in [-0.3, -0.25) is 14.4 Å². The normalized spacial score (nSPS) is 26.8. The second-order valence-corrected chi connectivity index (χ2v) is 7.96. The van der Waals surface area contributed by atoms with Crippen molar-refractivity contribution in [2.75, 3.05) is 19.6 Å². The third kappa shape index (κ3) is 5.73. The first-order chi connectivity index (χ1) is 12.8. The van der Waals surface area contributed by atoms with Gasteiger partial charge in [0.25, 0.3) is 0 Å². The summed E-state index contributed by atoms with van der Waals surface area (Å²) < 4.78 is 0. The van der Waals surface area contributed by atoms with Crippen molar-refractivity contribution in [3.63, 3.8) is 0 Å². The van der Waals surface area contributed by atoms with Crippen LogP contribution in [-0.4, -0.2) is 60.5 Å².